The Labute approximate surface area is 116 Å². The van der Waals surface area contributed by atoms with Crippen molar-refractivity contribution in [3.63, 3.8) is 0 Å². The minimum atomic E-state index is -0.198. The minimum absolute atomic E-state index is 0.158. The molecule has 94 valence electrons. The van der Waals surface area contributed by atoms with Crippen LogP contribution < -0.4 is 10.4 Å². The van der Waals surface area contributed by atoms with E-state index in [1.54, 1.807) is 6.08 Å². The van der Waals surface area contributed by atoms with Gasteiger partial charge in [-0.1, -0.05) is 18.2 Å². The van der Waals surface area contributed by atoms with Crippen molar-refractivity contribution in [2.45, 2.75) is 6.42 Å². The molecule has 0 saturated heterocycles. The maximum atomic E-state index is 12.6. The highest BCUT2D eigenvalue weighted by Gasteiger charge is 2.34. The van der Waals surface area contributed by atoms with Crippen molar-refractivity contribution in [1.82, 2.24) is 0 Å². The summed E-state index contributed by atoms with van der Waals surface area (Å²) in [5.41, 5.74) is 2.77. The van der Waals surface area contributed by atoms with E-state index in [9.17, 15) is 9.59 Å². The number of carbonyl (C=O) groups is 2. The molecule has 0 amide bonds. The number of Topliss-reactive ketones (excluding diaryl/α,β-unsaturated/α-hetero) is 1. The zero-order valence-corrected chi connectivity index (χ0v) is 10.7. The van der Waals surface area contributed by atoms with Gasteiger partial charge in [0.1, 0.15) is 5.57 Å². The first-order valence-corrected chi connectivity index (χ1v) is 6.61. The molecule has 0 bridgehead atoms. The highest BCUT2D eigenvalue weighted by Crippen LogP contribution is 2.23. The summed E-state index contributed by atoms with van der Waals surface area (Å²) in [6.07, 6.45) is 14.0. The second kappa shape index (κ2) is 3.94. The van der Waals surface area contributed by atoms with Gasteiger partial charge in [0.2, 0.25) is 5.78 Å². The normalized spacial score (nSPS) is 18.6. The van der Waals surface area contributed by atoms with E-state index >= 15 is 0 Å². The molecule has 20 heavy (non-hydrogen) atoms. The molecule has 4 rings (SSSR count). The van der Waals surface area contributed by atoms with Gasteiger partial charge < -0.3 is 0 Å². The molecule has 0 N–H and O–H groups in total. The molecule has 3 aliphatic carbocycles. The first-order chi connectivity index (χ1) is 9.74. The van der Waals surface area contributed by atoms with Crippen molar-refractivity contribution in [1.29, 1.82) is 0 Å². The lowest BCUT2D eigenvalue weighted by molar-refractivity contribution is -0.111. The molecule has 0 aliphatic heterocycles. The maximum absolute atomic E-state index is 12.6. The predicted octanol–water partition coefficient (Wildman–Crippen LogP) is 1.50. The van der Waals surface area contributed by atoms with Crippen molar-refractivity contribution in [2.75, 3.05) is 0 Å². The molecule has 0 aromatic heterocycles. The van der Waals surface area contributed by atoms with Crippen molar-refractivity contribution >= 4 is 29.8 Å². The highest BCUT2D eigenvalue weighted by atomic mass is 16.1. The number of ketones is 2. The van der Waals surface area contributed by atoms with Gasteiger partial charge in [0, 0.05) is 23.8 Å². The van der Waals surface area contributed by atoms with E-state index in [1.807, 2.05) is 24.6 Å². The minimum Gasteiger partial charge on any atom is -0.276 e. The summed E-state index contributed by atoms with van der Waals surface area (Å²) >= 11 is 0. The number of allylic oxidation sites excluding steroid dienone is 5. The molecular formula is C18H11O2+. The smallest absolute Gasteiger partial charge is 0.271 e. The summed E-state index contributed by atoms with van der Waals surface area (Å²) in [6.45, 7) is 0. The molecule has 0 unspecified atom stereocenters. The molecule has 1 aromatic carbocycles. The second-order valence-corrected chi connectivity index (χ2v) is 5.10. The van der Waals surface area contributed by atoms with Crippen LogP contribution in [0.3, 0.4) is 0 Å². The summed E-state index contributed by atoms with van der Waals surface area (Å²) in [6, 6.07) is 3.93. The van der Waals surface area contributed by atoms with E-state index in [4.69, 9.17) is 0 Å². The van der Waals surface area contributed by atoms with E-state index in [1.165, 1.54) is 6.08 Å². The average molecular weight is 259 g/mol. The molecule has 0 spiro atoms. The van der Waals surface area contributed by atoms with Gasteiger partial charge in [-0.15, -0.1) is 0 Å². The van der Waals surface area contributed by atoms with E-state index in [0.717, 1.165) is 28.0 Å². The number of hydrogen-bond acceptors (Lipinski definition) is 2. The summed E-state index contributed by atoms with van der Waals surface area (Å²) in [4.78, 5) is 24.5. The van der Waals surface area contributed by atoms with Crippen LogP contribution in [0.1, 0.15) is 22.3 Å². The van der Waals surface area contributed by atoms with E-state index < -0.39 is 0 Å². The molecule has 0 fully saturated rings. The Hall–Kier alpha value is -2.61. The van der Waals surface area contributed by atoms with Crippen LogP contribution in [0.25, 0.3) is 18.2 Å². The van der Waals surface area contributed by atoms with Gasteiger partial charge in [-0.2, -0.15) is 0 Å². The SMILES string of the molecule is O=C1C=C[CH+]C2=C1C(=O)c1cc3c(cc1=C2)C=CCC=3. The Morgan fingerprint density at radius 3 is 2.85 bits per heavy atom. The molecule has 2 heteroatoms. The Balaban J connectivity index is 2.03. The van der Waals surface area contributed by atoms with Crippen LogP contribution >= 0.6 is 0 Å². The van der Waals surface area contributed by atoms with E-state index in [2.05, 4.69) is 18.2 Å². The van der Waals surface area contributed by atoms with Gasteiger partial charge in [0.05, 0.1) is 11.6 Å². The van der Waals surface area contributed by atoms with E-state index in [0.29, 0.717) is 11.1 Å². The lowest BCUT2D eigenvalue weighted by Crippen LogP contribution is -2.30. The number of rotatable bonds is 0. The quantitative estimate of drug-likeness (QED) is 0.522. The average Bonchev–Trinajstić information content (AvgIpc) is 2.46. The molecule has 0 radical (unpaired) electrons. The zero-order chi connectivity index (χ0) is 13.7. The number of carbonyl (C=O) groups excluding carboxylic acids is 2. The molecule has 1 aromatic rings. The maximum Gasteiger partial charge on any atom is 0.271 e. The lowest BCUT2D eigenvalue weighted by Gasteiger charge is -2.12. The first-order valence-electron chi connectivity index (χ1n) is 6.61. The molecular weight excluding hydrogens is 248 g/mol. The third kappa shape index (κ3) is 1.48. The van der Waals surface area contributed by atoms with Gasteiger partial charge in [-0.25, -0.2) is 0 Å². The Kier molecular flexibility index (Phi) is 2.21. The van der Waals surface area contributed by atoms with Gasteiger partial charge in [-0.05, 0) is 29.3 Å². The van der Waals surface area contributed by atoms with Gasteiger partial charge in [0.25, 0.3) is 5.78 Å². The predicted molar refractivity (Wildman–Crippen MR) is 78.1 cm³/mol. The lowest BCUT2D eigenvalue weighted by atomic mass is 9.83. The fraction of sp³-hybridized carbons (Fsp3) is 0.0556. The fourth-order valence-corrected chi connectivity index (χ4v) is 2.89. The zero-order valence-electron chi connectivity index (χ0n) is 10.7. The van der Waals surface area contributed by atoms with Gasteiger partial charge in [-0.3, -0.25) is 9.59 Å². The van der Waals surface area contributed by atoms with Gasteiger partial charge >= 0.3 is 0 Å². The van der Waals surface area contributed by atoms with Crippen LogP contribution in [-0.2, 0) is 4.79 Å². The van der Waals surface area contributed by atoms with Crippen LogP contribution in [0.4, 0.5) is 0 Å². The third-order valence-electron chi connectivity index (χ3n) is 3.87. The highest BCUT2D eigenvalue weighted by molar-refractivity contribution is 6.32. The van der Waals surface area contributed by atoms with Crippen LogP contribution in [0, 0.1) is 6.42 Å². The van der Waals surface area contributed by atoms with Crippen LogP contribution in [0.15, 0.2) is 41.5 Å². The molecule has 3 aliphatic rings. The fourth-order valence-electron chi connectivity index (χ4n) is 2.89. The third-order valence-corrected chi connectivity index (χ3v) is 3.87. The van der Waals surface area contributed by atoms with Crippen LogP contribution in [-0.4, -0.2) is 11.6 Å². The van der Waals surface area contributed by atoms with Crippen molar-refractivity contribution in [2.24, 2.45) is 0 Å². The number of fused-ring (bicyclic) bond motifs is 2. The monoisotopic (exact) mass is 259 g/mol. The van der Waals surface area contributed by atoms with Crippen molar-refractivity contribution in [3.8, 4) is 0 Å². The summed E-state index contributed by atoms with van der Waals surface area (Å²) in [7, 11) is 0. The summed E-state index contributed by atoms with van der Waals surface area (Å²) in [5.74, 6) is -0.357. The molecule has 0 saturated carbocycles. The Bertz CT molecular complexity index is 877. The standard InChI is InChI=1S/C18H11O2/c19-16-7-3-6-13-9-14-8-11-4-1-2-5-12(11)10-15(14)18(20)17(13)16/h1,3-10H,2H2/q+1. The molecule has 0 atom stereocenters. The van der Waals surface area contributed by atoms with E-state index in [-0.39, 0.29) is 11.6 Å². The summed E-state index contributed by atoms with van der Waals surface area (Å²) in [5, 5.41) is 1.96. The summed E-state index contributed by atoms with van der Waals surface area (Å²) < 4.78 is 0. The van der Waals surface area contributed by atoms with Gasteiger partial charge in [0.15, 0.2) is 5.57 Å². The number of benzene rings is 1. The number of hydrogen-bond donors (Lipinski definition) is 0. The molecule has 0 heterocycles. The van der Waals surface area contributed by atoms with Crippen molar-refractivity contribution in [3.05, 3.63) is 69.5 Å². The Morgan fingerprint density at radius 2 is 1.95 bits per heavy atom. The van der Waals surface area contributed by atoms with Crippen LogP contribution in [0.5, 0.6) is 0 Å². The second-order valence-electron chi connectivity index (χ2n) is 5.10. The largest absolute Gasteiger partial charge is 0.276 e. The molecule has 2 nitrogen and oxygen atoms in total. The van der Waals surface area contributed by atoms with Crippen LogP contribution in [0.2, 0.25) is 0 Å². The Morgan fingerprint density at radius 1 is 1.05 bits per heavy atom. The first kappa shape index (κ1) is 11.2. The topological polar surface area (TPSA) is 34.1 Å². The van der Waals surface area contributed by atoms with Crippen molar-refractivity contribution < 1.29 is 9.59 Å².